The molecule has 0 fully saturated rings. The zero-order valence-corrected chi connectivity index (χ0v) is 14.9. The average molecular weight is 348 g/mol. The van der Waals surface area contributed by atoms with Crippen molar-refractivity contribution < 1.29 is 4.79 Å². The van der Waals surface area contributed by atoms with E-state index in [2.05, 4.69) is 41.4 Å². The highest BCUT2D eigenvalue weighted by Gasteiger charge is 2.08. The molecule has 0 aromatic heterocycles. The second kappa shape index (κ2) is 10.7. The van der Waals surface area contributed by atoms with Gasteiger partial charge in [0.2, 0.25) is 0 Å². The summed E-state index contributed by atoms with van der Waals surface area (Å²) in [6.45, 7) is 5.11. The van der Waals surface area contributed by atoms with Crippen LogP contribution in [0.2, 0.25) is 0 Å². The van der Waals surface area contributed by atoms with Crippen LogP contribution in [-0.4, -0.2) is 25.5 Å². The minimum absolute atomic E-state index is 0. The summed E-state index contributed by atoms with van der Waals surface area (Å²) in [6, 6.07) is 18.1. The molecule has 0 aliphatic heterocycles. The van der Waals surface area contributed by atoms with Gasteiger partial charge in [0, 0.05) is 30.9 Å². The summed E-state index contributed by atoms with van der Waals surface area (Å²) in [5.41, 5.74) is 8.51. The standard InChI is InChI=1S/C19H25N3O.ClH/c1-2-22(15-16-7-4-3-5-8-16)18-11-9-17(10-12-18)19(23)21-14-6-13-20;/h3-5,7-12H,2,6,13-15,20H2,1H3,(H,21,23);1H. The van der Waals surface area contributed by atoms with E-state index in [9.17, 15) is 4.79 Å². The molecule has 130 valence electrons. The number of carbonyl (C=O) groups excluding carboxylic acids is 1. The van der Waals surface area contributed by atoms with Crippen molar-refractivity contribution in [2.24, 2.45) is 5.73 Å². The fourth-order valence-corrected chi connectivity index (χ4v) is 2.42. The van der Waals surface area contributed by atoms with E-state index < -0.39 is 0 Å². The highest BCUT2D eigenvalue weighted by molar-refractivity contribution is 5.94. The van der Waals surface area contributed by atoms with Crippen molar-refractivity contribution in [3.63, 3.8) is 0 Å². The third-order valence-corrected chi connectivity index (χ3v) is 3.76. The molecule has 0 heterocycles. The molecule has 5 heteroatoms. The summed E-state index contributed by atoms with van der Waals surface area (Å²) in [6.07, 6.45) is 0.796. The number of hydrogen-bond donors (Lipinski definition) is 2. The van der Waals surface area contributed by atoms with Gasteiger partial charge in [-0.15, -0.1) is 12.4 Å². The van der Waals surface area contributed by atoms with Crippen LogP contribution in [0, 0.1) is 0 Å². The molecular formula is C19H26ClN3O. The Morgan fingerprint density at radius 3 is 2.33 bits per heavy atom. The van der Waals surface area contributed by atoms with Gasteiger partial charge in [-0.25, -0.2) is 0 Å². The molecule has 0 atom stereocenters. The molecule has 0 aliphatic rings. The number of nitrogens with one attached hydrogen (secondary N) is 1. The van der Waals surface area contributed by atoms with Gasteiger partial charge >= 0.3 is 0 Å². The summed E-state index contributed by atoms with van der Waals surface area (Å²) >= 11 is 0. The number of anilines is 1. The molecule has 0 spiro atoms. The van der Waals surface area contributed by atoms with Gasteiger partial charge in [-0.05, 0) is 49.7 Å². The van der Waals surface area contributed by atoms with Crippen LogP contribution in [0.5, 0.6) is 0 Å². The quantitative estimate of drug-likeness (QED) is 0.721. The lowest BCUT2D eigenvalue weighted by Gasteiger charge is -2.23. The Labute approximate surface area is 150 Å². The highest BCUT2D eigenvalue weighted by Crippen LogP contribution is 2.18. The van der Waals surface area contributed by atoms with Crippen LogP contribution >= 0.6 is 12.4 Å². The van der Waals surface area contributed by atoms with E-state index in [-0.39, 0.29) is 18.3 Å². The van der Waals surface area contributed by atoms with E-state index in [0.29, 0.717) is 18.7 Å². The largest absolute Gasteiger partial charge is 0.367 e. The first kappa shape index (κ1) is 20.0. The highest BCUT2D eigenvalue weighted by atomic mass is 35.5. The normalized spacial score (nSPS) is 9.92. The van der Waals surface area contributed by atoms with Gasteiger partial charge in [0.1, 0.15) is 0 Å². The van der Waals surface area contributed by atoms with E-state index in [1.165, 1.54) is 5.56 Å². The first-order valence-electron chi connectivity index (χ1n) is 8.11. The van der Waals surface area contributed by atoms with E-state index in [1.54, 1.807) is 0 Å². The van der Waals surface area contributed by atoms with Crippen molar-refractivity contribution in [3.8, 4) is 0 Å². The van der Waals surface area contributed by atoms with Crippen LogP contribution in [0.4, 0.5) is 5.69 Å². The lowest BCUT2D eigenvalue weighted by atomic mass is 10.1. The molecule has 0 aliphatic carbocycles. The second-order valence-corrected chi connectivity index (χ2v) is 5.44. The number of carbonyl (C=O) groups is 1. The topological polar surface area (TPSA) is 58.4 Å². The van der Waals surface area contributed by atoms with Crippen molar-refractivity contribution in [2.45, 2.75) is 19.9 Å². The molecule has 2 aromatic rings. The fraction of sp³-hybridized carbons (Fsp3) is 0.316. The van der Waals surface area contributed by atoms with Crippen LogP contribution in [-0.2, 0) is 6.54 Å². The smallest absolute Gasteiger partial charge is 0.251 e. The Hall–Kier alpha value is -2.04. The maximum Gasteiger partial charge on any atom is 0.251 e. The molecule has 0 bridgehead atoms. The third-order valence-electron chi connectivity index (χ3n) is 3.76. The Morgan fingerprint density at radius 2 is 1.75 bits per heavy atom. The molecule has 0 radical (unpaired) electrons. The SMILES string of the molecule is CCN(Cc1ccccc1)c1ccc(C(=O)NCCCN)cc1.Cl. The maximum atomic E-state index is 12.0. The average Bonchev–Trinajstić information content (AvgIpc) is 2.61. The molecule has 1 amide bonds. The van der Waals surface area contributed by atoms with Gasteiger partial charge in [0.05, 0.1) is 0 Å². The van der Waals surface area contributed by atoms with Crippen molar-refractivity contribution in [1.82, 2.24) is 5.32 Å². The van der Waals surface area contributed by atoms with Crippen LogP contribution in [0.15, 0.2) is 54.6 Å². The summed E-state index contributed by atoms with van der Waals surface area (Å²) in [4.78, 5) is 14.3. The van der Waals surface area contributed by atoms with Crippen LogP contribution in [0.3, 0.4) is 0 Å². The predicted molar refractivity (Wildman–Crippen MR) is 103 cm³/mol. The predicted octanol–water partition coefficient (Wildman–Crippen LogP) is 3.21. The van der Waals surface area contributed by atoms with Gasteiger partial charge in [-0.1, -0.05) is 30.3 Å². The van der Waals surface area contributed by atoms with Crippen LogP contribution in [0.25, 0.3) is 0 Å². The Balaban J connectivity index is 0.00000288. The van der Waals surface area contributed by atoms with E-state index in [1.807, 2.05) is 30.3 Å². The molecule has 0 saturated carbocycles. The van der Waals surface area contributed by atoms with Gasteiger partial charge < -0.3 is 16.0 Å². The molecule has 24 heavy (non-hydrogen) atoms. The van der Waals surface area contributed by atoms with Gasteiger partial charge in [0.25, 0.3) is 5.91 Å². The zero-order chi connectivity index (χ0) is 16.5. The monoisotopic (exact) mass is 347 g/mol. The minimum Gasteiger partial charge on any atom is -0.367 e. The number of rotatable bonds is 8. The Bertz CT molecular complexity index is 602. The molecule has 3 N–H and O–H groups in total. The Kier molecular flexibility index (Phi) is 8.90. The summed E-state index contributed by atoms with van der Waals surface area (Å²) < 4.78 is 0. The number of nitrogens with zero attached hydrogens (tertiary/aromatic N) is 1. The van der Waals surface area contributed by atoms with Crippen molar-refractivity contribution in [3.05, 3.63) is 65.7 Å². The lowest BCUT2D eigenvalue weighted by Crippen LogP contribution is -2.26. The van der Waals surface area contributed by atoms with Gasteiger partial charge in [-0.3, -0.25) is 4.79 Å². The molecule has 4 nitrogen and oxygen atoms in total. The number of benzene rings is 2. The van der Waals surface area contributed by atoms with Crippen LogP contribution in [0.1, 0.15) is 29.3 Å². The van der Waals surface area contributed by atoms with Crippen molar-refractivity contribution in [1.29, 1.82) is 0 Å². The summed E-state index contributed by atoms with van der Waals surface area (Å²) in [7, 11) is 0. The number of hydrogen-bond acceptors (Lipinski definition) is 3. The number of amides is 1. The summed E-state index contributed by atoms with van der Waals surface area (Å²) in [5, 5.41) is 2.87. The molecule has 2 aromatic carbocycles. The van der Waals surface area contributed by atoms with E-state index >= 15 is 0 Å². The Morgan fingerprint density at radius 1 is 1.08 bits per heavy atom. The third kappa shape index (κ3) is 5.87. The van der Waals surface area contributed by atoms with Crippen LogP contribution < -0.4 is 16.0 Å². The van der Waals surface area contributed by atoms with Crippen molar-refractivity contribution >= 4 is 24.0 Å². The molecule has 0 saturated heterocycles. The lowest BCUT2D eigenvalue weighted by molar-refractivity contribution is 0.0953. The van der Waals surface area contributed by atoms with Gasteiger partial charge in [0.15, 0.2) is 0 Å². The number of halogens is 1. The van der Waals surface area contributed by atoms with Gasteiger partial charge in [-0.2, -0.15) is 0 Å². The summed E-state index contributed by atoms with van der Waals surface area (Å²) in [5.74, 6) is -0.0453. The maximum absolute atomic E-state index is 12.0. The number of nitrogens with two attached hydrogens (primary N) is 1. The fourth-order valence-electron chi connectivity index (χ4n) is 2.42. The van der Waals surface area contributed by atoms with Crippen molar-refractivity contribution in [2.75, 3.05) is 24.5 Å². The first-order chi connectivity index (χ1) is 11.2. The molecule has 0 unspecified atom stereocenters. The zero-order valence-electron chi connectivity index (χ0n) is 14.1. The van der Waals surface area contributed by atoms with E-state index in [0.717, 1.165) is 25.2 Å². The first-order valence-corrected chi connectivity index (χ1v) is 8.11. The molecular weight excluding hydrogens is 322 g/mol. The van der Waals surface area contributed by atoms with E-state index in [4.69, 9.17) is 5.73 Å². The molecule has 2 rings (SSSR count). The minimum atomic E-state index is -0.0453. The second-order valence-electron chi connectivity index (χ2n) is 5.44.